The van der Waals surface area contributed by atoms with Gasteiger partial charge in [0.2, 0.25) is 0 Å². The first-order valence-corrected chi connectivity index (χ1v) is 26.0. The van der Waals surface area contributed by atoms with Crippen LogP contribution in [0, 0.1) is 0 Å². The van der Waals surface area contributed by atoms with Crippen molar-refractivity contribution < 1.29 is 28.6 Å². The zero-order chi connectivity index (χ0) is 48.6. The summed E-state index contributed by atoms with van der Waals surface area (Å²) in [6, 6.07) is 0. The van der Waals surface area contributed by atoms with Gasteiger partial charge in [0, 0.05) is 19.3 Å². The second-order valence-electron chi connectivity index (χ2n) is 16.3. The van der Waals surface area contributed by atoms with Crippen molar-refractivity contribution in [2.45, 2.75) is 194 Å². The van der Waals surface area contributed by atoms with E-state index in [-0.39, 0.29) is 38.0 Å². The predicted molar refractivity (Wildman–Crippen MR) is 288 cm³/mol. The molecule has 67 heavy (non-hydrogen) atoms. The Labute approximate surface area is 409 Å². The average molecular weight is 921 g/mol. The fourth-order valence-corrected chi connectivity index (χ4v) is 6.24. The van der Waals surface area contributed by atoms with Crippen LogP contribution >= 0.6 is 0 Å². The largest absolute Gasteiger partial charge is 0.462 e. The Balaban J connectivity index is 4.60. The Hall–Kier alpha value is -4.97. The zero-order valence-electron chi connectivity index (χ0n) is 42.3. The molecule has 0 aromatic heterocycles. The van der Waals surface area contributed by atoms with Gasteiger partial charge < -0.3 is 14.2 Å². The highest BCUT2D eigenvalue weighted by Gasteiger charge is 2.19. The van der Waals surface area contributed by atoms with Crippen LogP contribution in [0.4, 0.5) is 0 Å². The molecule has 0 saturated heterocycles. The van der Waals surface area contributed by atoms with Crippen molar-refractivity contribution in [2.24, 2.45) is 0 Å². The van der Waals surface area contributed by atoms with E-state index in [9.17, 15) is 14.4 Å². The number of rotatable bonds is 44. The summed E-state index contributed by atoms with van der Waals surface area (Å²) in [6.07, 6.45) is 78.2. The summed E-state index contributed by atoms with van der Waals surface area (Å²) in [5, 5.41) is 0. The standard InChI is InChI=1S/C61H92O6/c1-4-7-10-13-16-19-22-25-27-29-30-32-33-36-39-42-45-48-51-54-60(63)66-57-58(56-65-59(62)53-50-47-44-41-38-35-24-21-18-15-12-9-6-3)67-61(64)55-52-49-46-43-40-37-34-31-28-26-23-20-17-14-11-8-5-2/h7-12,16-21,25-28,30,32,34-35,37-38,43-44,46-47,58H,4-6,13-15,22-24,29,31,33,36,39-42,45,48-57H2,1-3H3/b10-7-,11-8-,12-9-,19-16-,20-17-,21-18-,27-25-,28-26-,32-30-,37-34-,38-35-,46-43-,47-44-. The van der Waals surface area contributed by atoms with Gasteiger partial charge in [-0.25, -0.2) is 0 Å². The Kier molecular flexibility index (Phi) is 49.7. The van der Waals surface area contributed by atoms with Crippen LogP contribution in [0.15, 0.2) is 158 Å². The maximum absolute atomic E-state index is 12.8. The quantitative estimate of drug-likeness (QED) is 0.0262. The summed E-state index contributed by atoms with van der Waals surface area (Å²) < 4.78 is 16.7. The number of carbonyl (C=O) groups excluding carboxylic acids is 3. The number of hydrogen-bond acceptors (Lipinski definition) is 6. The molecule has 0 aromatic carbocycles. The lowest BCUT2D eigenvalue weighted by Crippen LogP contribution is -2.30. The Morgan fingerprint density at radius 2 is 0.582 bits per heavy atom. The van der Waals surface area contributed by atoms with Crippen LogP contribution in [0.5, 0.6) is 0 Å². The fraction of sp³-hybridized carbons (Fsp3) is 0.525. The van der Waals surface area contributed by atoms with Crippen molar-refractivity contribution in [3.63, 3.8) is 0 Å². The molecule has 0 saturated carbocycles. The van der Waals surface area contributed by atoms with Crippen molar-refractivity contribution in [3.8, 4) is 0 Å². The van der Waals surface area contributed by atoms with Crippen molar-refractivity contribution in [1.82, 2.24) is 0 Å². The van der Waals surface area contributed by atoms with Crippen molar-refractivity contribution in [2.75, 3.05) is 13.2 Å². The summed E-state index contributed by atoms with van der Waals surface area (Å²) in [6.45, 7) is 6.14. The summed E-state index contributed by atoms with van der Waals surface area (Å²) in [5.74, 6) is -1.11. The summed E-state index contributed by atoms with van der Waals surface area (Å²) in [5.41, 5.74) is 0. The lowest BCUT2D eigenvalue weighted by atomic mass is 10.1. The van der Waals surface area contributed by atoms with Crippen molar-refractivity contribution in [1.29, 1.82) is 0 Å². The molecule has 1 unspecified atom stereocenters. The molecule has 0 rings (SSSR count). The van der Waals surface area contributed by atoms with Gasteiger partial charge >= 0.3 is 17.9 Å². The van der Waals surface area contributed by atoms with E-state index in [1.54, 1.807) is 0 Å². The van der Waals surface area contributed by atoms with Gasteiger partial charge in [-0.15, -0.1) is 0 Å². The molecule has 0 N–H and O–H groups in total. The van der Waals surface area contributed by atoms with Gasteiger partial charge in [-0.3, -0.25) is 14.4 Å². The van der Waals surface area contributed by atoms with Crippen LogP contribution < -0.4 is 0 Å². The SMILES string of the molecule is CC/C=C\C/C=C\C/C=C\C/C=C\C/C=C\CCCC(=O)OC(COC(=O)CC/C=C\C/C=C\C/C=C\C/C=C\CC)COC(=O)CCCCCCCC/C=C\C/C=C\C/C=C\C/C=C\CC. The number of allylic oxidation sites excluding steroid dienone is 26. The third-order valence-corrected chi connectivity index (χ3v) is 10.0. The highest BCUT2D eigenvalue weighted by Crippen LogP contribution is 2.11. The Morgan fingerprint density at radius 1 is 0.299 bits per heavy atom. The molecular formula is C61H92O6. The maximum atomic E-state index is 12.8. The van der Waals surface area contributed by atoms with Crippen LogP contribution in [0.25, 0.3) is 0 Å². The third-order valence-electron chi connectivity index (χ3n) is 10.0. The van der Waals surface area contributed by atoms with Crippen LogP contribution in [0.2, 0.25) is 0 Å². The molecule has 0 fully saturated rings. The molecule has 0 spiro atoms. The minimum Gasteiger partial charge on any atom is -0.462 e. The minimum atomic E-state index is -0.850. The highest BCUT2D eigenvalue weighted by molar-refractivity contribution is 5.71. The first-order chi connectivity index (χ1) is 33.0. The predicted octanol–water partition coefficient (Wildman–Crippen LogP) is 17.4. The molecule has 0 heterocycles. The fourth-order valence-electron chi connectivity index (χ4n) is 6.24. The molecule has 0 aliphatic heterocycles. The van der Waals surface area contributed by atoms with E-state index in [0.29, 0.717) is 19.3 Å². The van der Waals surface area contributed by atoms with E-state index in [0.717, 1.165) is 122 Å². The first-order valence-electron chi connectivity index (χ1n) is 26.0. The van der Waals surface area contributed by atoms with Gasteiger partial charge in [-0.05, 0) is 122 Å². The van der Waals surface area contributed by atoms with E-state index in [4.69, 9.17) is 14.2 Å². The molecule has 372 valence electrons. The van der Waals surface area contributed by atoms with Crippen molar-refractivity contribution in [3.05, 3.63) is 158 Å². The van der Waals surface area contributed by atoms with E-state index < -0.39 is 12.1 Å². The van der Waals surface area contributed by atoms with E-state index in [1.807, 2.05) is 12.2 Å². The molecule has 6 nitrogen and oxygen atoms in total. The van der Waals surface area contributed by atoms with Gasteiger partial charge in [0.15, 0.2) is 6.10 Å². The molecular weight excluding hydrogens is 829 g/mol. The van der Waals surface area contributed by atoms with E-state index in [2.05, 4.69) is 167 Å². The molecule has 0 aromatic rings. The monoisotopic (exact) mass is 921 g/mol. The molecule has 0 radical (unpaired) electrons. The maximum Gasteiger partial charge on any atom is 0.306 e. The van der Waals surface area contributed by atoms with Crippen LogP contribution in [0.3, 0.4) is 0 Å². The van der Waals surface area contributed by atoms with Gasteiger partial charge in [0.05, 0.1) is 0 Å². The molecule has 6 heteroatoms. The minimum absolute atomic E-state index is 0.138. The number of unbranched alkanes of at least 4 members (excludes halogenated alkanes) is 7. The van der Waals surface area contributed by atoms with Gasteiger partial charge in [-0.1, -0.05) is 204 Å². The number of ether oxygens (including phenoxy) is 3. The second kappa shape index (κ2) is 53.6. The Morgan fingerprint density at radius 3 is 0.970 bits per heavy atom. The van der Waals surface area contributed by atoms with Gasteiger partial charge in [0.25, 0.3) is 0 Å². The smallest absolute Gasteiger partial charge is 0.306 e. The number of carbonyl (C=O) groups is 3. The highest BCUT2D eigenvalue weighted by atomic mass is 16.6. The lowest BCUT2D eigenvalue weighted by Gasteiger charge is -2.18. The van der Waals surface area contributed by atoms with E-state index >= 15 is 0 Å². The molecule has 1 atom stereocenters. The van der Waals surface area contributed by atoms with Gasteiger partial charge in [0.1, 0.15) is 13.2 Å². The molecule has 0 aliphatic rings. The lowest BCUT2D eigenvalue weighted by molar-refractivity contribution is -0.166. The second-order valence-corrected chi connectivity index (χ2v) is 16.3. The van der Waals surface area contributed by atoms with Crippen LogP contribution in [-0.4, -0.2) is 37.2 Å². The summed E-state index contributed by atoms with van der Waals surface area (Å²) >= 11 is 0. The average Bonchev–Trinajstić information content (AvgIpc) is 3.33. The number of hydrogen-bond donors (Lipinski definition) is 0. The summed E-state index contributed by atoms with van der Waals surface area (Å²) in [4.78, 5) is 38.0. The molecule has 0 amide bonds. The Bertz CT molecular complexity index is 1570. The normalized spacial score (nSPS) is 13.4. The van der Waals surface area contributed by atoms with Crippen LogP contribution in [-0.2, 0) is 28.6 Å². The van der Waals surface area contributed by atoms with Crippen LogP contribution in [0.1, 0.15) is 188 Å². The topological polar surface area (TPSA) is 78.9 Å². The van der Waals surface area contributed by atoms with E-state index in [1.165, 1.54) is 12.8 Å². The molecule has 0 bridgehead atoms. The molecule has 0 aliphatic carbocycles. The zero-order valence-corrected chi connectivity index (χ0v) is 42.3. The first kappa shape index (κ1) is 62.0. The number of esters is 3. The third kappa shape index (κ3) is 51.9. The van der Waals surface area contributed by atoms with Gasteiger partial charge in [-0.2, -0.15) is 0 Å². The van der Waals surface area contributed by atoms with Crippen molar-refractivity contribution >= 4 is 17.9 Å². The summed E-state index contributed by atoms with van der Waals surface area (Å²) in [7, 11) is 0.